The number of aromatic nitrogens is 2. The number of carbonyl (C=O) groups excluding carboxylic acids is 2. The average molecular weight is 386 g/mol. The second-order valence-electron chi connectivity index (χ2n) is 6.58. The van der Waals surface area contributed by atoms with Gasteiger partial charge in [-0.25, -0.2) is 14.4 Å². The summed E-state index contributed by atoms with van der Waals surface area (Å²) in [6, 6.07) is 5.37. The number of hydrogen-bond acceptors (Lipinski definition) is 5. The van der Waals surface area contributed by atoms with Crippen molar-refractivity contribution >= 4 is 17.8 Å². The molecule has 0 radical (unpaired) electrons. The molecule has 0 unspecified atom stereocenters. The molecule has 3 rings (SSSR count). The Morgan fingerprint density at radius 3 is 2.29 bits per heavy atom. The van der Waals surface area contributed by atoms with E-state index in [4.69, 9.17) is 5.11 Å². The minimum absolute atomic E-state index is 0.127. The highest BCUT2D eigenvalue weighted by Crippen LogP contribution is 2.25. The fourth-order valence-corrected chi connectivity index (χ4v) is 3.13. The van der Waals surface area contributed by atoms with Crippen molar-refractivity contribution in [1.29, 1.82) is 0 Å². The minimum Gasteiger partial charge on any atom is -0.481 e. The van der Waals surface area contributed by atoms with Crippen molar-refractivity contribution in [1.82, 2.24) is 20.6 Å². The number of carbonyl (C=O) groups is 3. The van der Waals surface area contributed by atoms with Gasteiger partial charge in [-0.15, -0.1) is 0 Å². The van der Waals surface area contributed by atoms with Crippen molar-refractivity contribution in [3.8, 4) is 0 Å². The van der Waals surface area contributed by atoms with Gasteiger partial charge in [-0.2, -0.15) is 0 Å². The standard InChI is InChI=1S/C19H19FN4O4/c20-13-4-1-11(2-5-13)10-23-17(25)15-16(22-8-7-21-15)18(26)24-14-6-3-12(9-14)19(27)28/h1-2,4-5,7-8,12,14H,3,6,9-10H2,(H,23,25)(H,24,26)(H,27,28)/t12-,14+/m1/s1. The van der Waals surface area contributed by atoms with Crippen LogP contribution in [0.25, 0.3) is 0 Å². The fourth-order valence-electron chi connectivity index (χ4n) is 3.13. The number of halogens is 1. The molecule has 8 nitrogen and oxygen atoms in total. The number of nitrogens with zero attached hydrogens (tertiary/aromatic N) is 2. The summed E-state index contributed by atoms with van der Waals surface area (Å²) in [5.41, 5.74) is 0.433. The van der Waals surface area contributed by atoms with Crippen LogP contribution in [-0.2, 0) is 11.3 Å². The van der Waals surface area contributed by atoms with E-state index in [0.29, 0.717) is 24.8 Å². The van der Waals surface area contributed by atoms with Crippen LogP contribution >= 0.6 is 0 Å². The molecule has 1 aliphatic rings. The van der Waals surface area contributed by atoms with Crippen LogP contribution < -0.4 is 10.6 Å². The van der Waals surface area contributed by atoms with Crippen LogP contribution in [-0.4, -0.2) is 38.9 Å². The zero-order valence-corrected chi connectivity index (χ0v) is 14.9. The second kappa shape index (κ2) is 8.55. The molecule has 28 heavy (non-hydrogen) atoms. The fraction of sp³-hybridized carbons (Fsp3) is 0.316. The zero-order chi connectivity index (χ0) is 20.1. The van der Waals surface area contributed by atoms with Gasteiger partial charge in [0.25, 0.3) is 11.8 Å². The lowest BCUT2D eigenvalue weighted by atomic mass is 10.1. The van der Waals surface area contributed by atoms with E-state index in [9.17, 15) is 18.8 Å². The van der Waals surface area contributed by atoms with Crippen LogP contribution in [0.4, 0.5) is 4.39 Å². The van der Waals surface area contributed by atoms with Gasteiger partial charge < -0.3 is 15.7 Å². The molecule has 3 N–H and O–H groups in total. The maximum atomic E-state index is 12.9. The Labute approximate surface area is 160 Å². The second-order valence-corrected chi connectivity index (χ2v) is 6.58. The Morgan fingerprint density at radius 1 is 1.04 bits per heavy atom. The molecule has 1 aromatic carbocycles. The Bertz CT molecular complexity index is 888. The molecular weight excluding hydrogens is 367 g/mol. The normalized spacial score (nSPS) is 18.5. The van der Waals surface area contributed by atoms with Gasteiger partial charge in [-0.3, -0.25) is 14.4 Å². The van der Waals surface area contributed by atoms with E-state index in [1.807, 2.05) is 0 Å². The number of carboxylic acid groups (broad SMARTS) is 1. The zero-order valence-electron chi connectivity index (χ0n) is 14.9. The summed E-state index contributed by atoms with van der Waals surface area (Å²) in [5.74, 6) is -2.89. The smallest absolute Gasteiger partial charge is 0.306 e. The van der Waals surface area contributed by atoms with E-state index in [-0.39, 0.29) is 29.8 Å². The van der Waals surface area contributed by atoms with Gasteiger partial charge >= 0.3 is 5.97 Å². The van der Waals surface area contributed by atoms with Crippen LogP contribution in [0.3, 0.4) is 0 Å². The molecule has 0 bridgehead atoms. The summed E-state index contributed by atoms with van der Waals surface area (Å²) >= 11 is 0. The molecule has 1 heterocycles. The third kappa shape index (κ3) is 4.67. The lowest BCUT2D eigenvalue weighted by molar-refractivity contribution is -0.141. The predicted molar refractivity (Wildman–Crippen MR) is 95.8 cm³/mol. The van der Waals surface area contributed by atoms with Crippen molar-refractivity contribution in [2.75, 3.05) is 0 Å². The molecule has 0 saturated heterocycles. The Kier molecular flexibility index (Phi) is 5.93. The van der Waals surface area contributed by atoms with Gasteiger partial charge in [0.05, 0.1) is 5.92 Å². The predicted octanol–water partition coefficient (Wildman–Crippen LogP) is 1.53. The first-order valence-electron chi connectivity index (χ1n) is 8.81. The van der Waals surface area contributed by atoms with Crippen LogP contribution in [0.1, 0.15) is 45.8 Å². The van der Waals surface area contributed by atoms with E-state index in [0.717, 1.165) is 0 Å². The first-order chi connectivity index (χ1) is 13.4. The molecule has 1 aromatic heterocycles. The highest BCUT2D eigenvalue weighted by atomic mass is 19.1. The van der Waals surface area contributed by atoms with Crippen molar-refractivity contribution in [2.24, 2.45) is 5.92 Å². The first-order valence-corrected chi connectivity index (χ1v) is 8.81. The topological polar surface area (TPSA) is 121 Å². The minimum atomic E-state index is -0.878. The van der Waals surface area contributed by atoms with Gasteiger partial charge in [-0.1, -0.05) is 12.1 Å². The van der Waals surface area contributed by atoms with E-state index in [1.54, 1.807) is 12.1 Å². The van der Waals surface area contributed by atoms with Crippen molar-refractivity contribution < 1.29 is 23.9 Å². The number of amides is 2. The summed E-state index contributed by atoms with van der Waals surface area (Å²) in [6.45, 7) is 0.139. The molecule has 2 atom stereocenters. The van der Waals surface area contributed by atoms with Crippen LogP contribution in [0.2, 0.25) is 0 Å². The quantitative estimate of drug-likeness (QED) is 0.692. The molecule has 1 fully saturated rings. The average Bonchev–Trinajstić information content (AvgIpc) is 3.16. The van der Waals surface area contributed by atoms with E-state index in [1.165, 1.54) is 24.5 Å². The third-order valence-corrected chi connectivity index (χ3v) is 4.61. The maximum Gasteiger partial charge on any atom is 0.306 e. The van der Waals surface area contributed by atoms with E-state index in [2.05, 4.69) is 20.6 Å². The Morgan fingerprint density at radius 2 is 1.68 bits per heavy atom. The molecule has 146 valence electrons. The van der Waals surface area contributed by atoms with Crippen molar-refractivity contribution in [2.45, 2.75) is 31.8 Å². The van der Waals surface area contributed by atoms with Gasteiger partial charge in [0.2, 0.25) is 0 Å². The van der Waals surface area contributed by atoms with E-state index < -0.39 is 23.7 Å². The lowest BCUT2D eigenvalue weighted by Crippen LogP contribution is -2.36. The highest BCUT2D eigenvalue weighted by Gasteiger charge is 2.31. The molecule has 0 spiro atoms. The number of hydrogen-bond donors (Lipinski definition) is 3. The first kappa shape index (κ1) is 19.4. The van der Waals surface area contributed by atoms with Crippen molar-refractivity contribution in [3.63, 3.8) is 0 Å². The lowest BCUT2D eigenvalue weighted by Gasteiger charge is -2.13. The van der Waals surface area contributed by atoms with Crippen LogP contribution in [0, 0.1) is 11.7 Å². The summed E-state index contributed by atoms with van der Waals surface area (Å²) < 4.78 is 12.9. The maximum absolute atomic E-state index is 12.9. The third-order valence-electron chi connectivity index (χ3n) is 4.61. The molecular formula is C19H19FN4O4. The number of nitrogens with one attached hydrogen (secondary N) is 2. The number of benzene rings is 1. The van der Waals surface area contributed by atoms with Crippen LogP contribution in [0.15, 0.2) is 36.7 Å². The molecule has 1 aliphatic carbocycles. The summed E-state index contributed by atoms with van der Waals surface area (Å²) in [4.78, 5) is 43.9. The Hall–Kier alpha value is -3.36. The largest absolute Gasteiger partial charge is 0.481 e. The molecule has 0 aliphatic heterocycles. The summed E-state index contributed by atoms with van der Waals surface area (Å²) in [6.07, 6.45) is 3.99. The van der Waals surface area contributed by atoms with Gasteiger partial charge in [0.15, 0.2) is 11.4 Å². The van der Waals surface area contributed by atoms with Crippen molar-refractivity contribution in [3.05, 3.63) is 59.4 Å². The summed E-state index contributed by atoms with van der Waals surface area (Å²) in [7, 11) is 0. The van der Waals surface area contributed by atoms with Gasteiger partial charge in [0, 0.05) is 25.0 Å². The Balaban J connectivity index is 1.64. The number of aliphatic carboxylic acids is 1. The van der Waals surface area contributed by atoms with E-state index >= 15 is 0 Å². The highest BCUT2D eigenvalue weighted by molar-refractivity contribution is 6.04. The molecule has 2 amide bonds. The SMILES string of the molecule is O=C(NCc1ccc(F)cc1)c1nccnc1C(=O)N[C@H]1CC[C@@H](C(=O)O)C1. The van der Waals surface area contributed by atoms with Gasteiger partial charge in [-0.05, 0) is 37.0 Å². The molecule has 2 aromatic rings. The number of rotatable bonds is 6. The van der Waals surface area contributed by atoms with Crippen LogP contribution in [0.5, 0.6) is 0 Å². The number of carboxylic acids is 1. The monoisotopic (exact) mass is 386 g/mol. The molecule has 9 heteroatoms. The summed E-state index contributed by atoms with van der Waals surface area (Å²) in [5, 5.41) is 14.4. The molecule has 1 saturated carbocycles. The van der Waals surface area contributed by atoms with Gasteiger partial charge in [0.1, 0.15) is 5.82 Å².